The van der Waals surface area contributed by atoms with Crippen LogP contribution >= 0.6 is 11.3 Å². The molecule has 2 aliphatic heterocycles. The van der Waals surface area contributed by atoms with Crippen molar-refractivity contribution >= 4 is 23.7 Å². The van der Waals surface area contributed by atoms with Gasteiger partial charge in [0.1, 0.15) is 12.7 Å². The highest BCUT2D eigenvalue weighted by atomic mass is 32.1. The number of aliphatic hydroxyl groups excluding tert-OH is 1. The van der Waals surface area contributed by atoms with Crippen molar-refractivity contribution in [1.29, 1.82) is 0 Å². The number of aryl methyl sites for hydroxylation is 2. The zero-order valence-corrected chi connectivity index (χ0v) is 17.9. The summed E-state index contributed by atoms with van der Waals surface area (Å²) >= 11 is 1.67. The van der Waals surface area contributed by atoms with Gasteiger partial charge in [0, 0.05) is 56.5 Å². The molecule has 30 heavy (non-hydrogen) atoms. The van der Waals surface area contributed by atoms with E-state index in [4.69, 9.17) is 9.90 Å². The maximum absolute atomic E-state index is 12.6. The second kappa shape index (κ2) is 10.1. The number of carbonyl (C=O) groups is 2. The summed E-state index contributed by atoms with van der Waals surface area (Å²) in [4.78, 5) is 33.8. The molecule has 2 fully saturated rings. The van der Waals surface area contributed by atoms with E-state index in [1.54, 1.807) is 22.3 Å². The van der Waals surface area contributed by atoms with Crippen molar-refractivity contribution in [3.05, 3.63) is 28.7 Å². The summed E-state index contributed by atoms with van der Waals surface area (Å²) in [5, 5.41) is 24.3. The smallest absolute Gasteiger partial charge is 0.290 e. The number of fused-ring (bicyclic) bond motifs is 1. The lowest BCUT2D eigenvalue weighted by Gasteiger charge is -2.27. The number of carboxylic acid groups (broad SMARTS) is 1. The first-order valence-corrected chi connectivity index (χ1v) is 10.8. The number of rotatable bonds is 7. The molecule has 2 aliphatic rings. The maximum atomic E-state index is 12.6. The van der Waals surface area contributed by atoms with Crippen molar-refractivity contribution in [2.75, 3.05) is 32.8 Å². The summed E-state index contributed by atoms with van der Waals surface area (Å²) in [5.74, 6) is 0.514. The normalized spacial score (nSPS) is 23.1. The van der Waals surface area contributed by atoms with Crippen molar-refractivity contribution < 1.29 is 19.8 Å². The first kappa shape index (κ1) is 22.3. The number of nitrogens with zero attached hydrogens (tertiary/aromatic N) is 6. The molecule has 10 nitrogen and oxygen atoms in total. The first-order chi connectivity index (χ1) is 14.5. The van der Waals surface area contributed by atoms with Crippen LogP contribution in [0, 0.1) is 18.3 Å². The Kier molecular flexibility index (Phi) is 7.51. The van der Waals surface area contributed by atoms with E-state index >= 15 is 0 Å². The zero-order valence-electron chi connectivity index (χ0n) is 17.1. The van der Waals surface area contributed by atoms with Gasteiger partial charge in [-0.2, -0.15) is 5.10 Å². The number of hydrogen-bond acceptors (Lipinski definition) is 8. The number of hydrogen-bond donors (Lipinski definition) is 2. The molecule has 2 saturated heterocycles. The van der Waals surface area contributed by atoms with Crippen molar-refractivity contribution in [2.24, 2.45) is 11.3 Å². The van der Waals surface area contributed by atoms with Crippen LogP contribution in [0.25, 0.3) is 0 Å². The molecule has 2 N–H and O–H groups in total. The molecule has 0 aromatic carbocycles. The number of carbonyl (C=O) groups excluding carboxylic acids is 1. The average molecular weight is 437 g/mol. The summed E-state index contributed by atoms with van der Waals surface area (Å²) in [6.45, 7) is 6.58. The summed E-state index contributed by atoms with van der Waals surface area (Å²) in [5.41, 5.74) is 0.915. The van der Waals surface area contributed by atoms with Crippen LogP contribution in [0.15, 0.2) is 18.0 Å². The number of aliphatic hydroxyl groups is 1. The zero-order chi connectivity index (χ0) is 21.6. The third-order valence-corrected chi connectivity index (χ3v) is 6.62. The minimum Gasteiger partial charge on any atom is -0.483 e. The molecule has 2 aromatic rings. The quantitative estimate of drug-likeness (QED) is 0.601. The van der Waals surface area contributed by atoms with Crippen LogP contribution in [0.5, 0.6) is 0 Å². The highest BCUT2D eigenvalue weighted by Gasteiger charge is 2.52. The van der Waals surface area contributed by atoms with Crippen molar-refractivity contribution in [3.8, 4) is 0 Å². The second-order valence-corrected chi connectivity index (χ2v) is 8.95. The van der Waals surface area contributed by atoms with E-state index in [0.29, 0.717) is 25.4 Å². The number of thiazole rings is 1. The lowest BCUT2D eigenvalue weighted by molar-refractivity contribution is -0.131. The third kappa shape index (κ3) is 5.21. The lowest BCUT2D eigenvalue weighted by Crippen LogP contribution is -2.38. The molecule has 2 aromatic heterocycles. The van der Waals surface area contributed by atoms with Crippen LogP contribution in [0.4, 0.5) is 0 Å². The average Bonchev–Trinajstić information content (AvgIpc) is 3.47. The highest BCUT2D eigenvalue weighted by molar-refractivity contribution is 7.09. The largest absolute Gasteiger partial charge is 0.483 e. The van der Waals surface area contributed by atoms with Gasteiger partial charge >= 0.3 is 0 Å². The van der Waals surface area contributed by atoms with Crippen LogP contribution < -0.4 is 0 Å². The van der Waals surface area contributed by atoms with Gasteiger partial charge < -0.3 is 15.1 Å². The predicted octanol–water partition coefficient (Wildman–Crippen LogP) is 0.477. The van der Waals surface area contributed by atoms with Crippen LogP contribution in [0.1, 0.15) is 23.5 Å². The minimum atomic E-state index is -0.250. The van der Waals surface area contributed by atoms with Crippen LogP contribution in [-0.4, -0.2) is 84.9 Å². The van der Waals surface area contributed by atoms with Gasteiger partial charge in [-0.05, 0) is 19.3 Å². The molecule has 164 valence electrons. The monoisotopic (exact) mass is 436 g/mol. The van der Waals surface area contributed by atoms with E-state index in [1.165, 1.54) is 6.33 Å². The minimum absolute atomic E-state index is 0.132. The Bertz CT molecular complexity index is 829. The van der Waals surface area contributed by atoms with E-state index in [1.807, 2.05) is 11.8 Å². The number of aromatic nitrogens is 4. The maximum Gasteiger partial charge on any atom is 0.290 e. The third-order valence-electron chi connectivity index (χ3n) is 5.79. The SMILES string of the molecule is Cc1nc(CN2C[C@H]3CN(C(=O)CCCn4cncn4)C[C@@]3(CO)C2)cs1.O=CO. The molecule has 0 unspecified atom stereocenters. The predicted molar refractivity (Wildman–Crippen MR) is 110 cm³/mol. The van der Waals surface area contributed by atoms with Crippen LogP contribution in [-0.2, 0) is 22.7 Å². The van der Waals surface area contributed by atoms with Gasteiger partial charge in [-0.3, -0.25) is 19.2 Å². The summed E-state index contributed by atoms with van der Waals surface area (Å²) in [7, 11) is 0. The number of amides is 1. The standard InChI is InChI=1S/C18H26N6O2S.CH2O2/c1-14-21-16(8-27-14)7-22-5-15-6-23(10-18(15,9-22)11-25)17(26)3-2-4-24-13-19-12-20-24;2-1-3/h8,12-13,15,25H,2-7,9-11H2,1H3;1H,(H,2,3)/t15-,18+;/m0./s1. The molecular formula is C19H28N6O4S. The van der Waals surface area contributed by atoms with Gasteiger partial charge in [0.05, 0.1) is 17.3 Å². The molecule has 1 amide bonds. The fraction of sp³-hybridized carbons (Fsp3) is 0.632. The van der Waals surface area contributed by atoms with Gasteiger partial charge in [0.2, 0.25) is 5.91 Å². The molecule has 0 aliphatic carbocycles. The van der Waals surface area contributed by atoms with Crippen LogP contribution in [0.3, 0.4) is 0 Å². The molecule has 0 saturated carbocycles. The second-order valence-electron chi connectivity index (χ2n) is 7.89. The number of likely N-dealkylation sites (tertiary alicyclic amines) is 2. The van der Waals surface area contributed by atoms with Gasteiger partial charge in [-0.1, -0.05) is 0 Å². The molecule has 2 atom stereocenters. The van der Waals surface area contributed by atoms with Crippen molar-refractivity contribution in [3.63, 3.8) is 0 Å². The Morgan fingerprint density at radius 2 is 2.20 bits per heavy atom. The van der Waals surface area contributed by atoms with E-state index in [2.05, 4.69) is 25.3 Å². The summed E-state index contributed by atoms with van der Waals surface area (Å²) < 4.78 is 1.75. The Hall–Kier alpha value is -2.37. The van der Waals surface area contributed by atoms with E-state index in [0.717, 1.165) is 43.3 Å². The van der Waals surface area contributed by atoms with Crippen LogP contribution in [0.2, 0.25) is 0 Å². The Morgan fingerprint density at radius 1 is 1.40 bits per heavy atom. The van der Waals surface area contributed by atoms with Gasteiger partial charge in [-0.25, -0.2) is 9.97 Å². The molecule has 0 bridgehead atoms. The van der Waals surface area contributed by atoms with E-state index in [-0.39, 0.29) is 24.4 Å². The molecule has 4 heterocycles. The topological polar surface area (TPSA) is 125 Å². The first-order valence-electron chi connectivity index (χ1n) is 9.92. The van der Waals surface area contributed by atoms with Gasteiger partial charge in [0.25, 0.3) is 6.47 Å². The Balaban J connectivity index is 0.000000806. The summed E-state index contributed by atoms with van der Waals surface area (Å²) in [6.07, 6.45) is 4.44. The van der Waals surface area contributed by atoms with Crippen molar-refractivity contribution in [2.45, 2.75) is 32.9 Å². The molecule has 4 rings (SSSR count). The molecule has 11 heteroatoms. The fourth-order valence-electron chi connectivity index (χ4n) is 4.43. The Morgan fingerprint density at radius 3 is 2.80 bits per heavy atom. The fourth-order valence-corrected chi connectivity index (χ4v) is 5.04. The Labute approximate surface area is 179 Å². The molecular weight excluding hydrogens is 408 g/mol. The van der Waals surface area contributed by atoms with Gasteiger partial charge in [0.15, 0.2) is 0 Å². The van der Waals surface area contributed by atoms with Crippen molar-refractivity contribution in [1.82, 2.24) is 29.5 Å². The highest BCUT2D eigenvalue weighted by Crippen LogP contribution is 2.42. The van der Waals surface area contributed by atoms with Gasteiger partial charge in [-0.15, -0.1) is 11.3 Å². The molecule has 0 spiro atoms. The van der Waals surface area contributed by atoms with E-state index < -0.39 is 0 Å². The summed E-state index contributed by atoms with van der Waals surface area (Å²) in [6, 6.07) is 0. The van der Waals surface area contributed by atoms with E-state index in [9.17, 15) is 9.90 Å². The molecule has 0 radical (unpaired) electrons. The lowest BCUT2D eigenvalue weighted by atomic mass is 9.82.